The van der Waals surface area contributed by atoms with Gasteiger partial charge in [0.2, 0.25) is 0 Å². The summed E-state index contributed by atoms with van der Waals surface area (Å²) in [6, 6.07) is 11.9. The SMILES string of the molecule is CCCC/C(C=Nc1ccc(OC)cc1)=C/[Si](CC)(CC)CC. The first-order chi connectivity index (χ1) is 11.1. The van der Waals surface area contributed by atoms with Crippen molar-refractivity contribution in [2.45, 2.75) is 65.1 Å². The van der Waals surface area contributed by atoms with Gasteiger partial charge in [-0.25, -0.2) is 0 Å². The van der Waals surface area contributed by atoms with E-state index >= 15 is 0 Å². The van der Waals surface area contributed by atoms with Crippen LogP contribution in [0.15, 0.2) is 40.5 Å². The number of benzene rings is 1. The van der Waals surface area contributed by atoms with Crippen LogP contribution in [-0.4, -0.2) is 21.4 Å². The first-order valence-corrected chi connectivity index (χ1v) is 11.7. The molecule has 0 amide bonds. The second-order valence-electron chi connectivity index (χ2n) is 6.20. The van der Waals surface area contributed by atoms with Gasteiger partial charge in [-0.1, -0.05) is 57.9 Å². The Morgan fingerprint density at radius 3 is 2.13 bits per heavy atom. The number of aliphatic imine (C=N–C) groups is 1. The van der Waals surface area contributed by atoms with Gasteiger partial charge >= 0.3 is 0 Å². The summed E-state index contributed by atoms with van der Waals surface area (Å²) in [6.07, 6.45) is 5.71. The van der Waals surface area contributed by atoms with Crippen LogP contribution < -0.4 is 4.74 Å². The minimum Gasteiger partial charge on any atom is -0.497 e. The molecule has 0 aliphatic rings. The Balaban J connectivity index is 2.98. The minimum atomic E-state index is -1.26. The maximum absolute atomic E-state index is 5.20. The molecule has 0 saturated carbocycles. The van der Waals surface area contributed by atoms with Crippen LogP contribution in [0.4, 0.5) is 5.69 Å². The summed E-state index contributed by atoms with van der Waals surface area (Å²) >= 11 is 0. The summed E-state index contributed by atoms with van der Waals surface area (Å²) in [5, 5.41) is 0. The highest BCUT2D eigenvalue weighted by Gasteiger charge is 2.24. The molecule has 23 heavy (non-hydrogen) atoms. The van der Waals surface area contributed by atoms with Gasteiger partial charge in [0.1, 0.15) is 5.75 Å². The van der Waals surface area contributed by atoms with Crippen LogP contribution in [0.2, 0.25) is 18.1 Å². The predicted molar refractivity (Wildman–Crippen MR) is 106 cm³/mol. The lowest BCUT2D eigenvalue weighted by Crippen LogP contribution is -2.29. The van der Waals surface area contributed by atoms with E-state index in [2.05, 4.69) is 39.6 Å². The van der Waals surface area contributed by atoms with Crippen molar-refractivity contribution in [1.29, 1.82) is 0 Å². The standard InChI is InChI=1S/C20H33NOSi/c1-6-10-11-18(17-23(7-2,8-3)9-4)16-21-19-12-14-20(22-5)15-13-19/h12-17H,6-11H2,1-5H3/b18-17-,21-16?. The second kappa shape index (κ2) is 10.4. The van der Waals surface area contributed by atoms with Crippen molar-refractivity contribution in [3.05, 3.63) is 35.5 Å². The average molecular weight is 332 g/mol. The number of nitrogens with zero attached hydrogens (tertiary/aromatic N) is 1. The van der Waals surface area contributed by atoms with E-state index in [0.717, 1.165) is 17.9 Å². The maximum Gasteiger partial charge on any atom is 0.119 e. The summed E-state index contributed by atoms with van der Waals surface area (Å²) in [5.74, 6) is 0.875. The molecule has 128 valence electrons. The number of ether oxygens (including phenoxy) is 1. The molecule has 0 unspecified atom stereocenters. The smallest absolute Gasteiger partial charge is 0.119 e. The molecule has 0 fully saturated rings. The Morgan fingerprint density at radius 2 is 1.65 bits per heavy atom. The Labute approximate surface area is 143 Å². The molecule has 0 radical (unpaired) electrons. The van der Waals surface area contributed by atoms with Gasteiger partial charge in [-0.05, 0) is 42.7 Å². The van der Waals surface area contributed by atoms with Crippen LogP contribution in [0.1, 0.15) is 47.0 Å². The molecule has 0 atom stereocenters. The van der Waals surface area contributed by atoms with Crippen molar-refractivity contribution in [2.75, 3.05) is 7.11 Å². The largest absolute Gasteiger partial charge is 0.497 e. The lowest BCUT2D eigenvalue weighted by atomic mass is 10.1. The van der Waals surface area contributed by atoms with Crippen molar-refractivity contribution < 1.29 is 4.74 Å². The van der Waals surface area contributed by atoms with Crippen molar-refractivity contribution in [3.63, 3.8) is 0 Å². The number of methoxy groups -OCH3 is 1. The lowest BCUT2D eigenvalue weighted by molar-refractivity contribution is 0.415. The van der Waals surface area contributed by atoms with Gasteiger partial charge < -0.3 is 4.74 Å². The van der Waals surface area contributed by atoms with Crippen molar-refractivity contribution >= 4 is 20.0 Å². The van der Waals surface area contributed by atoms with Gasteiger partial charge in [0.15, 0.2) is 0 Å². The van der Waals surface area contributed by atoms with Gasteiger partial charge in [-0.2, -0.15) is 0 Å². The van der Waals surface area contributed by atoms with E-state index in [1.54, 1.807) is 7.11 Å². The summed E-state index contributed by atoms with van der Waals surface area (Å²) in [6.45, 7) is 9.32. The van der Waals surface area contributed by atoms with Crippen molar-refractivity contribution in [1.82, 2.24) is 0 Å². The highest BCUT2D eigenvalue weighted by Crippen LogP contribution is 2.25. The molecule has 3 heteroatoms. The molecular formula is C20H33NOSi. The van der Waals surface area contributed by atoms with Gasteiger partial charge in [0.05, 0.1) is 20.9 Å². The number of hydrogen-bond donors (Lipinski definition) is 0. The van der Waals surface area contributed by atoms with Gasteiger partial charge in [0, 0.05) is 6.21 Å². The Hall–Kier alpha value is -1.35. The molecule has 0 spiro atoms. The van der Waals surface area contributed by atoms with E-state index in [4.69, 9.17) is 9.73 Å². The summed E-state index contributed by atoms with van der Waals surface area (Å²) in [4.78, 5) is 4.70. The van der Waals surface area contributed by atoms with Crippen molar-refractivity contribution in [3.8, 4) is 5.75 Å². The third kappa shape index (κ3) is 6.34. The third-order valence-electron chi connectivity index (χ3n) is 4.87. The molecule has 0 aliphatic carbocycles. The van der Waals surface area contributed by atoms with Gasteiger partial charge in [-0.3, -0.25) is 4.99 Å². The van der Waals surface area contributed by atoms with Crippen LogP contribution in [0.25, 0.3) is 0 Å². The molecule has 2 nitrogen and oxygen atoms in total. The number of hydrogen-bond acceptors (Lipinski definition) is 2. The summed E-state index contributed by atoms with van der Waals surface area (Å²) < 4.78 is 5.20. The zero-order chi connectivity index (χ0) is 17.1. The first kappa shape index (κ1) is 19.7. The fraction of sp³-hybridized carbons (Fsp3) is 0.550. The van der Waals surface area contributed by atoms with Gasteiger partial charge in [0.25, 0.3) is 0 Å². The van der Waals surface area contributed by atoms with Crippen LogP contribution in [0, 0.1) is 0 Å². The number of rotatable bonds is 10. The van der Waals surface area contributed by atoms with E-state index in [9.17, 15) is 0 Å². The Morgan fingerprint density at radius 1 is 1.04 bits per heavy atom. The molecule has 0 bridgehead atoms. The first-order valence-electron chi connectivity index (χ1n) is 9.02. The molecule has 0 aliphatic heterocycles. The minimum absolute atomic E-state index is 0.875. The predicted octanol–water partition coefficient (Wildman–Crippen LogP) is 6.56. The molecular weight excluding hydrogens is 298 g/mol. The molecule has 0 heterocycles. The molecule has 0 aromatic heterocycles. The van der Waals surface area contributed by atoms with E-state index in [1.807, 2.05) is 24.3 Å². The zero-order valence-corrected chi connectivity index (χ0v) is 16.6. The normalized spacial score (nSPS) is 12.8. The lowest BCUT2D eigenvalue weighted by Gasteiger charge is -2.25. The zero-order valence-electron chi connectivity index (χ0n) is 15.6. The average Bonchev–Trinajstić information content (AvgIpc) is 2.62. The van der Waals surface area contributed by atoms with Crippen molar-refractivity contribution in [2.24, 2.45) is 4.99 Å². The topological polar surface area (TPSA) is 21.6 Å². The van der Waals surface area contributed by atoms with Crippen LogP contribution in [-0.2, 0) is 0 Å². The molecule has 1 rings (SSSR count). The fourth-order valence-corrected chi connectivity index (χ4v) is 5.95. The van der Waals surface area contributed by atoms with E-state index in [0.29, 0.717) is 0 Å². The quantitative estimate of drug-likeness (QED) is 0.351. The van der Waals surface area contributed by atoms with E-state index in [1.165, 1.54) is 36.5 Å². The van der Waals surface area contributed by atoms with Crippen LogP contribution in [0.5, 0.6) is 5.75 Å². The third-order valence-corrected chi connectivity index (χ3v) is 10.1. The molecule has 0 saturated heterocycles. The number of unbranched alkanes of at least 4 members (excludes halogenated alkanes) is 1. The number of allylic oxidation sites excluding steroid dienone is 1. The second-order valence-corrected chi connectivity index (χ2v) is 11.3. The Kier molecular flexibility index (Phi) is 8.93. The van der Waals surface area contributed by atoms with Gasteiger partial charge in [-0.15, -0.1) is 0 Å². The fourth-order valence-electron chi connectivity index (χ4n) is 2.83. The molecule has 0 N–H and O–H groups in total. The van der Waals surface area contributed by atoms with E-state index < -0.39 is 8.07 Å². The maximum atomic E-state index is 5.20. The monoisotopic (exact) mass is 331 g/mol. The molecule has 1 aromatic rings. The van der Waals surface area contributed by atoms with Crippen LogP contribution in [0.3, 0.4) is 0 Å². The Bertz CT molecular complexity index is 493. The van der Waals surface area contributed by atoms with Crippen LogP contribution >= 0.6 is 0 Å². The summed E-state index contributed by atoms with van der Waals surface area (Å²) in [5.41, 5.74) is 5.04. The highest BCUT2D eigenvalue weighted by atomic mass is 28.3. The molecule has 1 aromatic carbocycles. The highest BCUT2D eigenvalue weighted by molar-refractivity contribution is 6.84. The van der Waals surface area contributed by atoms with E-state index in [-0.39, 0.29) is 0 Å². The summed E-state index contributed by atoms with van der Waals surface area (Å²) in [7, 11) is 0.432.